The lowest BCUT2D eigenvalue weighted by atomic mass is 10.1. The second-order valence-corrected chi connectivity index (χ2v) is 2.94. The third-order valence-corrected chi connectivity index (χ3v) is 1.86. The molecule has 0 saturated carbocycles. The van der Waals surface area contributed by atoms with Gasteiger partial charge in [-0.1, -0.05) is 22.5 Å². The van der Waals surface area contributed by atoms with Crippen LogP contribution < -0.4 is 5.73 Å². The molecular weight excluding hydrogens is 192 g/mol. The zero-order valence-corrected chi connectivity index (χ0v) is 9.06. The fraction of sp³-hybridized carbons (Fsp3) is 0.300. The molecule has 0 amide bonds. The highest BCUT2D eigenvalue weighted by atomic mass is 16.6. The molecule has 1 aromatic rings. The van der Waals surface area contributed by atoms with Crippen molar-refractivity contribution in [2.45, 2.75) is 13.8 Å². The summed E-state index contributed by atoms with van der Waals surface area (Å²) in [5, 5.41) is 7.43. The van der Waals surface area contributed by atoms with Crippen molar-refractivity contribution in [1.29, 1.82) is 0 Å². The van der Waals surface area contributed by atoms with E-state index in [1.807, 2.05) is 26.0 Å². The lowest BCUT2D eigenvalue weighted by molar-refractivity contribution is 0.304. The van der Waals surface area contributed by atoms with Gasteiger partial charge in [-0.2, -0.15) is 0 Å². The Morgan fingerprint density at radius 2 is 2.20 bits per heavy atom. The van der Waals surface area contributed by atoms with Gasteiger partial charge in [-0.05, 0) is 19.9 Å². The zero-order valence-electron chi connectivity index (χ0n) is 9.06. The van der Waals surface area contributed by atoms with Crippen LogP contribution in [0.5, 0.6) is 0 Å². The number of rotatable bonds is 3. The molecule has 0 unspecified atom stereocenters. The second kappa shape index (κ2) is 5.09. The van der Waals surface area contributed by atoms with Gasteiger partial charge in [-0.15, -0.1) is 0 Å². The second-order valence-electron chi connectivity index (χ2n) is 2.94. The Balaban J connectivity index is 3.10. The first-order valence-corrected chi connectivity index (χ1v) is 4.55. The minimum Gasteiger partial charge on any atom is -0.384 e. The molecule has 0 bridgehead atoms. The normalized spacial score (nSPS) is 13.8. The Hall–Kier alpha value is -1.91. The van der Waals surface area contributed by atoms with Gasteiger partial charge in [0.25, 0.3) is 0 Å². The van der Waals surface area contributed by atoms with Crippen LogP contribution in [0.1, 0.15) is 18.3 Å². The van der Waals surface area contributed by atoms with E-state index in [0.29, 0.717) is 11.5 Å². The van der Waals surface area contributed by atoms with Gasteiger partial charge in [0.1, 0.15) is 17.2 Å². The summed E-state index contributed by atoms with van der Waals surface area (Å²) in [7, 11) is 1.64. The predicted molar refractivity (Wildman–Crippen MR) is 59.4 cm³/mol. The van der Waals surface area contributed by atoms with Gasteiger partial charge in [0, 0.05) is 12.6 Å². The highest BCUT2D eigenvalue weighted by Crippen LogP contribution is 2.09. The molecule has 5 heteroatoms. The van der Waals surface area contributed by atoms with E-state index < -0.39 is 0 Å². The maximum Gasteiger partial charge on any atom is 0.131 e. The summed E-state index contributed by atoms with van der Waals surface area (Å²) >= 11 is 0. The Morgan fingerprint density at radius 3 is 2.67 bits per heavy atom. The van der Waals surface area contributed by atoms with Gasteiger partial charge in [0.05, 0.1) is 0 Å². The van der Waals surface area contributed by atoms with Crippen molar-refractivity contribution >= 4 is 11.9 Å². The van der Waals surface area contributed by atoms with Crippen molar-refractivity contribution in [3.8, 4) is 0 Å². The molecule has 0 aliphatic carbocycles. The molecule has 0 atom stereocenters. The molecule has 0 spiro atoms. The quantitative estimate of drug-likeness (QED) is 0.459. The maximum atomic E-state index is 5.72. The topological polar surface area (TPSA) is 77.3 Å². The number of aliphatic imine (C=N–C) groups is 1. The first-order chi connectivity index (χ1) is 7.19. The van der Waals surface area contributed by atoms with Crippen LogP contribution in [0.25, 0.3) is 6.08 Å². The van der Waals surface area contributed by atoms with Gasteiger partial charge >= 0.3 is 0 Å². The third-order valence-electron chi connectivity index (χ3n) is 1.86. The number of hydrogen-bond donors (Lipinski definition) is 1. The van der Waals surface area contributed by atoms with Gasteiger partial charge in [0.2, 0.25) is 0 Å². The van der Waals surface area contributed by atoms with E-state index in [-0.39, 0.29) is 0 Å². The Kier molecular flexibility index (Phi) is 3.79. The predicted octanol–water partition coefficient (Wildman–Crippen LogP) is 1.32. The van der Waals surface area contributed by atoms with Crippen LogP contribution in [-0.4, -0.2) is 23.2 Å². The number of aromatic nitrogens is 2. The van der Waals surface area contributed by atoms with Crippen LogP contribution in [0.2, 0.25) is 0 Å². The highest BCUT2D eigenvalue weighted by molar-refractivity contribution is 6.03. The van der Waals surface area contributed by atoms with Gasteiger partial charge < -0.3 is 5.73 Å². The van der Waals surface area contributed by atoms with Gasteiger partial charge in [-0.3, -0.25) is 4.99 Å². The van der Waals surface area contributed by atoms with Crippen LogP contribution in [0.4, 0.5) is 0 Å². The summed E-state index contributed by atoms with van der Waals surface area (Å²) in [6.07, 6.45) is 5.53. The molecule has 0 aliphatic rings. The molecule has 1 aromatic heterocycles. The molecule has 1 rings (SSSR count). The molecule has 0 aromatic carbocycles. The van der Waals surface area contributed by atoms with Crippen molar-refractivity contribution in [2.75, 3.05) is 7.05 Å². The molecule has 0 fully saturated rings. The summed E-state index contributed by atoms with van der Waals surface area (Å²) in [5.74, 6) is 0.454. The van der Waals surface area contributed by atoms with Crippen molar-refractivity contribution in [1.82, 2.24) is 10.3 Å². The standard InChI is InChI=1S/C10H14N4O/c1-4-5-8(10(11)12-3)6-9-7(2)13-15-14-9/h4-6H,1-3H3,(H2,11,12)/b5-4-,8-6+. The van der Waals surface area contributed by atoms with E-state index in [1.54, 1.807) is 13.1 Å². The average molecular weight is 206 g/mol. The van der Waals surface area contributed by atoms with E-state index in [2.05, 4.69) is 19.9 Å². The lowest BCUT2D eigenvalue weighted by Crippen LogP contribution is -2.13. The SMILES string of the molecule is C/C=C\C(=C/c1nonc1C)C(N)=NC. The van der Waals surface area contributed by atoms with E-state index in [4.69, 9.17) is 5.73 Å². The minimum absolute atomic E-state index is 0.454. The molecule has 0 radical (unpaired) electrons. The molecule has 80 valence electrons. The van der Waals surface area contributed by atoms with Crippen molar-refractivity contribution in [2.24, 2.45) is 10.7 Å². The van der Waals surface area contributed by atoms with Gasteiger partial charge in [-0.25, -0.2) is 4.63 Å². The summed E-state index contributed by atoms with van der Waals surface area (Å²) in [6, 6.07) is 0. The fourth-order valence-electron chi connectivity index (χ4n) is 1.03. The molecular formula is C10H14N4O. The van der Waals surface area contributed by atoms with Crippen LogP contribution in [-0.2, 0) is 0 Å². The Labute approximate surface area is 88.3 Å². The minimum atomic E-state index is 0.454. The molecule has 15 heavy (non-hydrogen) atoms. The molecule has 0 saturated heterocycles. The van der Waals surface area contributed by atoms with Crippen molar-refractivity contribution < 1.29 is 4.63 Å². The van der Waals surface area contributed by atoms with E-state index in [0.717, 1.165) is 11.3 Å². The monoisotopic (exact) mass is 206 g/mol. The Morgan fingerprint density at radius 1 is 1.47 bits per heavy atom. The lowest BCUT2D eigenvalue weighted by Gasteiger charge is -1.98. The largest absolute Gasteiger partial charge is 0.384 e. The summed E-state index contributed by atoms with van der Waals surface area (Å²) in [5.41, 5.74) is 7.90. The number of hydrogen-bond acceptors (Lipinski definition) is 4. The van der Waals surface area contributed by atoms with Crippen molar-refractivity contribution in [3.05, 3.63) is 29.1 Å². The molecule has 2 N–H and O–H groups in total. The highest BCUT2D eigenvalue weighted by Gasteiger charge is 2.04. The number of amidine groups is 1. The molecule has 1 heterocycles. The number of nitrogens with zero attached hydrogens (tertiary/aromatic N) is 3. The fourth-order valence-corrected chi connectivity index (χ4v) is 1.03. The van der Waals surface area contributed by atoms with Gasteiger partial charge in [0.15, 0.2) is 0 Å². The average Bonchev–Trinajstić information content (AvgIpc) is 2.63. The first-order valence-electron chi connectivity index (χ1n) is 4.55. The molecule has 0 aliphatic heterocycles. The van der Waals surface area contributed by atoms with Crippen LogP contribution >= 0.6 is 0 Å². The smallest absolute Gasteiger partial charge is 0.131 e. The van der Waals surface area contributed by atoms with Crippen LogP contribution in [0, 0.1) is 6.92 Å². The van der Waals surface area contributed by atoms with Crippen LogP contribution in [0.3, 0.4) is 0 Å². The summed E-state index contributed by atoms with van der Waals surface area (Å²) < 4.78 is 4.59. The first kappa shape index (κ1) is 11.2. The summed E-state index contributed by atoms with van der Waals surface area (Å²) in [4.78, 5) is 3.91. The number of allylic oxidation sites excluding steroid dienone is 1. The summed E-state index contributed by atoms with van der Waals surface area (Å²) in [6.45, 7) is 3.72. The maximum absolute atomic E-state index is 5.72. The van der Waals surface area contributed by atoms with Crippen molar-refractivity contribution in [3.63, 3.8) is 0 Å². The van der Waals surface area contributed by atoms with E-state index in [9.17, 15) is 0 Å². The van der Waals surface area contributed by atoms with E-state index >= 15 is 0 Å². The Bertz CT molecular complexity index is 415. The number of aryl methyl sites for hydroxylation is 1. The number of nitrogens with two attached hydrogens (primary N) is 1. The van der Waals surface area contributed by atoms with E-state index in [1.165, 1.54) is 0 Å². The zero-order chi connectivity index (χ0) is 11.3. The molecule has 5 nitrogen and oxygen atoms in total. The van der Waals surface area contributed by atoms with Crippen LogP contribution in [0.15, 0.2) is 27.3 Å². The third kappa shape index (κ3) is 2.77.